The number of methoxy groups -OCH3 is 1. The van der Waals surface area contributed by atoms with Crippen LogP contribution in [0.2, 0.25) is 0 Å². The minimum Gasteiger partial charge on any atom is -0.495 e. The fourth-order valence-electron chi connectivity index (χ4n) is 3.04. The number of nitrogens with zero attached hydrogens (tertiary/aromatic N) is 1. The number of sulfonamides is 1. The summed E-state index contributed by atoms with van der Waals surface area (Å²) in [6.45, 7) is 1.89. The molecule has 3 rings (SSSR count). The molecule has 0 aliphatic rings. The van der Waals surface area contributed by atoms with Gasteiger partial charge in [0.05, 0.1) is 23.4 Å². The molecular formula is C22H20F2N2O4S. The summed E-state index contributed by atoms with van der Waals surface area (Å²) >= 11 is 0. The van der Waals surface area contributed by atoms with Gasteiger partial charge in [-0.25, -0.2) is 17.2 Å². The van der Waals surface area contributed by atoms with Crippen LogP contribution < -0.4 is 14.4 Å². The van der Waals surface area contributed by atoms with E-state index in [1.165, 1.54) is 29.6 Å². The van der Waals surface area contributed by atoms with Gasteiger partial charge in [-0.1, -0.05) is 18.2 Å². The Kier molecular flexibility index (Phi) is 6.55. The molecule has 0 bridgehead atoms. The molecule has 0 aliphatic heterocycles. The molecule has 0 aliphatic carbocycles. The highest BCUT2D eigenvalue weighted by molar-refractivity contribution is 7.92. The highest BCUT2D eigenvalue weighted by atomic mass is 32.2. The SMILES string of the molecule is CCN(c1ccccc1)S(=O)(=O)c1ccc(OC)c(NC(=O)c2cc(F)cc(F)c2)c1. The molecule has 0 saturated heterocycles. The summed E-state index contributed by atoms with van der Waals surface area (Å²) in [5.41, 5.74) is 0.274. The van der Waals surface area contributed by atoms with Gasteiger partial charge in [0.1, 0.15) is 17.4 Å². The van der Waals surface area contributed by atoms with Crippen LogP contribution in [0.4, 0.5) is 20.2 Å². The Morgan fingerprint density at radius 2 is 1.65 bits per heavy atom. The fourth-order valence-corrected chi connectivity index (χ4v) is 4.54. The summed E-state index contributed by atoms with van der Waals surface area (Å²) < 4.78 is 59.8. The molecule has 0 radical (unpaired) electrons. The number of carbonyl (C=O) groups excluding carboxylic acids is 1. The molecule has 9 heteroatoms. The molecule has 3 aromatic rings. The third-order valence-electron chi connectivity index (χ3n) is 4.46. The van der Waals surface area contributed by atoms with E-state index in [0.717, 1.165) is 12.1 Å². The fraction of sp³-hybridized carbons (Fsp3) is 0.136. The number of nitrogens with one attached hydrogen (secondary N) is 1. The lowest BCUT2D eigenvalue weighted by molar-refractivity contribution is 0.102. The second-order valence-electron chi connectivity index (χ2n) is 6.48. The Morgan fingerprint density at radius 1 is 1.00 bits per heavy atom. The minimum atomic E-state index is -3.96. The molecule has 0 unspecified atom stereocenters. The standard InChI is InChI=1S/C22H20F2N2O4S/c1-3-26(18-7-5-4-6-8-18)31(28,29)19-9-10-21(30-2)20(14-19)25-22(27)15-11-16(23)13-17(24)12-15/h4-14H,3H2,1-2H3,(H,25,27). The second-order valence-corrected chi connectivity index (χ2v) is 8.34. The number of ether oxygens (including phenoxy) is 1. The van der Waals surface area contributed by atoms with E-state index < -0.39 is 27.6 Å². The van der Waals surface area contributed by atoms with Gasteiger partial charge < -0.3 is 10.1 Å². The quantitative estimate of drug-likeness (QED) is 0.582. The lowest BCUT2D eigenvalue weighted by Gasteiger charge is -2.23. The Labute approximate surface area is 179 Å². The summed E-state index contributed by atoms with van der Waals surface area (Å²) in [6, 6.07) is 15.0. The van der Waals surface area contributed by atoms with Crippen molar-refractivity contribution in [1.82, 2.24) is 0 Å². The molecule has 31 heavy (non-hydrogen) atoms. The monoisotopic (exact) mass is 446 g/mol. The van der Waals surface area contributed by atoms with Crippen LogP contribution in [0.15, 0.2) is 71.6 Å². The summed E-state index contributed by atoms with van der Waals surface area (Å²) in [5.74, 6) is -2.45. The second kappa shape index (κ2) is 9.13. The molecule has 0 heterocycles. The van der Waals surface area contributed by atoms with Crippen molar-refractivity contribution in [2.75, 3.05) is 23.3 Å². The molecule has 1 N–H and O–H groups in total. The van der Waals surface area contributed by atoms with Crippen LogP contribution in [-0.4, -0.2) is 28.0 Å². The van der Waals surface area contributed by atoms with Gasteiger partial charge in [-0.3, -0.25) is 9.10 Å². The van der Waals surface area contributed by atoms with Gasteiger partial charge in [-0.2, -0.15) is 0 Å². The number of halogens is 2. The third kappa shape index (κ3) is 4.83. The van der Waals surface area contributed by atoms with E-state index in [0.29, 0.717) is 11.8 Å². The minimum absolute atomic E-state index is 0.0439. The Hall–Kier alpha value is -3.46. The number of benzene rings is 3. The van der Waals surface area contributed by atoms with E-state index in [2.05, 4.69) is 5.32 Å². The van der Waals surface area contributed by atoms with Crippen LogP contribution in [0, 0.1) is 11.6 Å². The summed E-state index contributed by atoms with van der Waals surface area (Å²) in [4.78, 5) is 12.4. The van der Waals surface area contributed by atoms with E-state index >= 15 is 0 Å². The third-order valence-corrected chi connectivity index (χ3v) is 6.36. The van der Waals surface area contributed by atoms with E-state index in [-0.39, 0.29) is 28.4 Å². The van der Waals surface area contributed by atoms with Gasteiger partial charge in [-0.15, -0.1) is 0 Å². The van der Waals surface area contributed by atoms with Crippen molar-refractivity contribution in [2.45, 2.75) is 11.8 Å². The first kappa shape index (κ1) is 22.2. The number of hydrogen-bond donors (Lipinski definition) is 1. The van der Waals surface area contributed by atoms with Gasteiger partial charge in [0, 0.05) is 18.2 Å². The Morgan fingerprint density at radius 3 is 2.23 bits per heavy atom. The Balaban J connectivity index is 1.99. The zero-order valence-electron chi connectivity index (χ0n) is 16.8. The van der Waals surface area contributed by atoms with Crippen molar-refractivity contribution in [1.29, 1.82) is 0 Å². The van der Waals surface area contributed by atoms with E-state index in [9.17, 15) is 22.0 Å². The molecule has 0 spiro atoms. The topological polar surface area (TPSA) is 75.7 Å². The zero-order chi connectivity index (χ0) is 22.6. The van der Waals surface area contributed by atoms with Crippen molar-refractivity contribution in [2.24, 2.45) is 0 Å². The summed E-state index contributed by atoms with van der Waals surface area (Å²) in [6.07, 6.45) is 0. The largest absolute Gasteiger partial charge is 0.495 e. The van der Waals surface area contributed by atoms with E-state index in [1.54, 1.807) is 37.3 Å². The predicted molar refractivity (Wildman–Crippen MR) is 114 cm³/mol. The predicted octanol–water partition coefficient (Wildman–Crippen LogP) is 4.44. The average molecular weight is 446 g/mol. The van der Waals surface area contributed by atoms with E-state index in [1.807, 2.05) is 0 Å². The molecule has 3 aromatic carbocycles. The maximum atomic E-state index is 13.5. The van der Waals surface area contributed by atoms with Crippen LogP contribution in [0.25, 0.3) is 0 Å². The van der Waals surface area contributed by atoms with Crippen molar-refractivity contribution in [3.05, 3.63) is 83.9 Å². The van der Waals surface area contributed by atoms with Gasteiger partial charge in [0.15, 0.2) is 0 Å². The molecule has 0 aromatic heterocycles. The first-order valence-electron chi connectivity index (χ1n) is 9.29. The molecule has 0 saturated carbocycles. The van der Waals surface area contributed by atoms with Crippen LogP contribution >= 0.6 is 0 Å². The van der Waals surface area contributed by atoms with Gasteiger partial charge in [0.2, 0.25) is 0 Å². The molecule has 6 nitrogen and oxygen atoms in total. The molecular weight excluding hydrogens is 426 g/mol. The summed E-state index contributed by atoms with van der Waals surface area (Å²) in [7, 11) is -2.61. The lowest BCUT2D eigenvalue weighted by Crippen LogP contribution is -2.30. The van der Waals surface area contributed by atoms with Crippen LogP contribution in [0.5, 0.6) is 5.75 Å². The first-order valence-corrected chi connectivity index (χ1v) is 10.7. The molecule has 1 amide bonds. The first-order chi connectivity index (χ1) is 14.8. The highest BCUT2D eigenvalue weighted by Crippen LogP contribution is 2.31. The maximum Gasteiger partial charge on any atom is 0.264 e. The normalized spacial score (nSPS) is 11.1. The number of hydrogen-bond acceptors (Lipinski definition) is 4. The number of amides is 1. The highest BCUT2D eigenvalue weighted by Gasteiger charge is 2.25. The van der Waals surface area contributed by atoms with Crippen molar-refractivity contribution >= 4 is 27.3 Å². The van der Waals surface area contributed by atoms with Crippen molar-refractivity contribution < 1.29 is 26.7 Å². The molecule has 0 atom stereocenters. The van der Waals surface area contributed by atoms with E-state index in [4.69, 9.17) is 4.74 Å². The summed E-state index contributed by atoms with van der Waals surface area (Å²) in [5, 5.41) is 2.46. The number of para-hydroxylation sites is 1. The van der Waals surface area contributed by atoms with Crippen LogP contribution in [-0.2, 0) is 10.0 Å². The maximum absolute atomic E-state index is 13.5. The van der Waals surface area contributed by atoms with Crippen LogP contribution in [0.3, 0.4) is 0 Å². The molecule has 0 fully saturated rings. The number of rotatable bonds is 7. The average Bonchev–Trinajstić information content (AvgIpc) is 2.74. The number of anilines is 2. The number of carbonyl (C=O) groups is 1. The van der Waals surface area contributed by atoms with Gasteiger partial charge in [0.25, 0.3) is 15.9 Å². The lowest BCUT2D eigenvalue weighted by atomic mass is 10.2. The smallest absolute Gasteiger partial charge is 0.264 e. The van der Waals surface area contributed by atoms with Crippen molar-refractivity contribution in [3.63, 3.8) is 0 Å². The van der Waals surface area contributed by atoms with Crippen molar-refractivity contribution in [3.8, 4) is 5.75 Å². The zero-order valence-corrected chi connectivity index (χ0v) is 17.6. The van der Waals surface area contributed by atoms with Gasteiger partial charge >= 0.3 is 0 Å². The van der Waals surface area contributed by atoms with Gasteiger partial charge in [-0.05, 0) is 49.4 Å². The van der Waals surface area contributed by atoms with Crippen LogP contribution in [0.1, 0.15) is 17.3 Å². The molecule has 162 valence electrons. The Bertz CT molecular complexity index is 1180.